The number of carbonyl (C=O) groups excluding carboxylic acids is 2. The molecule has 5 heterocycles. The first kappa shape index (κ1) is 28.2. The average Bonchev–Trinajstić information content (AvgIpc) is 3.80. The minimum absolute atomic E-state index is 0.00928. The van der Waals surface area contributed by atoms with Crippen molar-refractivity contribution in [3.8, 4) is 5.75 Å². The number of nitrogens with one attached hydrogen (secondary N) is 1. The molecule has 5 aromatic rings. The third-order valence-electron chi connectivity index (χ3n) is 9.44. The Bertz CT molecular complexity index is 1900. The van der Waals surface area contributed by atoms with E-state index in [1.807, 2.05) is 52.3 Å². The Labute approximate surface area is 264 Å². The maximum Gasteiger partial charge on any atom is 0.246 e. The van der Waals surface area contributed by atoms with Gasteiger partial charge in [-0.05, 0) is 53.4 Å². The SMILES string of the molecule is COCCOc1cccc(CN2CC[C@H](N3CC(=O)N4[C@H](c5ccc6nsnc6c5)c5[nH]c6ccccc6c5C[C@@H]4C3=O)C2)c1. The number of nitrogens with zero attached hydrogens (tertiary/aromatic N) is 5. The number of ether oxygens (including phenoxy) is 2. The van der Waals surface area contributed by atoms with Gasteiger partial charge in [0.2, 0.25) is 11.8 Å². The number of para-hydroxylation sites is 1. The van der Waals surface area contributed by atoms with Crippen LogP contribution in [0.15, 0.2) is 66.7 Å². The smallest absolute Gasteiger partial charge is 0.246 e. The maximum atomic E-state index is 14.4. The molecule has 2 fully saturated rings. The zero-order chi connectivity index (χ0) is 30.5. The number of methoxy groups -OCH3 is 1. The third-order valence-corrected chi connectivity index (χ3v) is 9.99. The van der Waals surface area contributed by atoms with Gasteiger partial charge < -0.3 is 24.3 Å². The Kier molecular flexibility index (Phi) is 7.23. The number of likely N-dealkylation sites (tertiary alicyclic amines) is 1. The Hall–Kier alpha value is -4.32. The summed E-state index contributed by atoms with van der Waals surface area (Å²) < 4.78 is 19.7. The van der Waals surface area contributed by atoms with Crippen LogP contribution in [0, 0.1) is 0 Å². The summed E-state index contributed by atoms with van der Waals surface area (Å²) >= 11 is 1.18. The molecule has 3 atom stereocenters. The highest BCUT2D eigenvalue weighted by Gasteiger charge is 2.50. The number of fused-ring (bicyclic) bond motifs is 5. The quantitative estimate of drug-likeness (QED) is 0.259. The predicted molar refractivity (Wildman–Crippen MR) is 171 cm³/mol. The van der Waals surface area contributed by atoms with E-state index in [1.54, 1.807) is 7.11 Å². The number of hydrogen-bond acceptors (Lipinski definition) is 8. The normalized spacial score (nSPS) is 21.9. The van der Waals surface area contributed by atoms with E-state index in [0.29, 0.717) is 19.6 Å². The van der Waals surface area contributed by atoms with E-state index < -0.39 is 12.1 Å². The average molecular weight is 623 g/mol. The van der Waals surface area contributed by atoms with E-state index >= 15 is 0 Å². The van der Waals surface area contributed by atoms with Crippen molar-refractivity contribution in [2.75, 3.05) is 40.0 Å². The van der Waals surface area contributed by atoms with E-state index in [1.165, 1.54) is 11.7 Å². The van der Waals surface area contributed by atoms with Gasteiger partial charge in [-0.25, -0.2) is 0 Å². The van der Waals surface area contributed by atoms with Crippen molar-refractivity contribution in [1.82, 2.24) is 28.4 Å². The third kappa shape index (κ3) is 5.04. The molecule has 0 unspecified atom stereocenters. The monoisotopic (exact) mass is 622 g/mol. The molecule has 2 aromatic heterocycles. The number of hydrogen-bond donors (Lipinski definition) is 1. The highest BCUT2D eigenvalue weighted by Crippen LogP contribution is 2.43. The molecule has 230 valence electrons. The number of amides is 2. The summed E-state index contributed by atoms with van der Waals surface area (Å²) in [5.41, 5.74) is 6.82. The van der Waals surface area contributed by atoms with Crippen LogP contribution in [0.2, 0.25) is 0 Å². The van der Waals surface area contributed by atoms with Crippen LogP contribution in [-0.4, -0.2) is 92.3 Å². The van der Waals surface area contributed by atoms with Gasteiger partial charge >= 0.3 is 0 Å². The molecule has 0 saturated carbocycles. The summed E-state index contributed by atoms with van der Waals surface area (Å²) in [6.07, 6.45) is 1.33. The van der Waals surface area contributed by atoms with E-state index in [-0.39, 0.29) is 24.4 Å². The summed E-state index contributed by atoms with van der Waals surface area (Å²) in [4.78, 5) is 38.2. The highest BCUT2D eigenvalue weighted by atomic mass is 32.1. The fourth-order valence-electron chi connectivity index (χ4n) is 7.36. The molecule has 8 rings (SSSR count). The van der Waals surface area contributed by atoms with Crippen LogP contribution >= 0.6 is 11.7 Å². The number of aromatic amines is 1. The molecular weight excluding hydrogens is 588 g/mol. The maximum absolute atomic E-state index is 14.4. The van der Waals surface area contributed by atoms with Gasteiger partial charge in [0, 0.05) is 55.8 Å². The first-order valence-electron chi connectivity index (χ1n) is 15.4. The molecule has 0 bridgehead atoms. The molecule has 2 saturated heterocycles. The minimum atomic E-state index is -0.567. The van der Waals surface area contributed by atoms with Crippen molar-refractivity contribution in [3.63, 3.8) is 0 Å². The van der Waals surface area contributed by atoms with Crippen LogP contribution in [0.25, 0.3) is 21.9 Å². The van der Waals surface area contributed by atoms with Crippen LogP contribution in [0.4, 0.5) is 0 Å². The Morgan fingerprint density at radius 3 is 2.80 bits per heavy atom. The van der Waals surface area contributed by atoms with Gasteiger partial charge in [-0.2, -0.15) is 8.75 Å². The first-order valence-corrected chi connectivity index (χ1v) is 16.2. The van der Waals surface area contributed by atoms with Crippen LogP contribution < -0.4 is 4.74 Å². The lowest BCUT2D eigenvalue weighted by Gasteiger charge is -2.48. The summed E-state index contributed by atoms with van der Waals surface area (Å²) in [5.74, 6) is 0.836. The zero-order valence-electron chi connectivity index (χ0n) is 25.0. The highest BCUT2D eigenvalue weighted by molar-refractivity contribution is 7.00. The van der Waals surface area contributed by atoms with E-state index in [4.69, 9.17) is 9.47 Å². The molecule has 0 aliphatic carbocycles. The Morgan fingerprint density at radius 2 is 1.89 bits per heavy atom. The van der Waals surface area contributed by atoms with Crippen molar-refractivity contribution in [2.24, 2.45) is 0 Å². The molecule has 3 aromatic carbocycles. The molecule has 0 spiro atoms. The largest absolute Gasteiger partial charge is 0.491 e. The first-order chi connectivity index (χ1) is 22.1. The van der Waals surface area contributed by atoms with Gasteiger partial charge in [0.15, 0.2) is 0 Å². The predicted octanol–water partition coefficient (Wildman–Crippen LogP) is 4.16. The standard InChI is InChI=1S/C34H34N6O4S/c1-43-13-14-44-24-6-4-5-21(15-24)18-38-12-11-23(19-38)39-20-31(41)40-30(34(39)42)17-26-25-7-2-3-8-27(25)35-32(26)33(40)22-9-10-28-29(16-22)37-45-36-28/h2-10,15-16,23,30,33,35H,11-14,17-20H2,1H3/t23-,30+,33+/m0/s1. The number of benzene rings is 3. The molecule has 1 N–H and O–H groups in total. The number of carbonyl (C=O) groups is 2. The van der Waals surface area contributed by atoms with Crippen molar-refractivity contribution >= 4 is 45.5 Å². The molecule has 3 aliphatic heterocycles. The van der Waals surface area contributed by atoms with Gasteiger partial charge in [-0.15, -0.1) is 0 Å². The van der Waals surface area contributed by atoms with E-state index in [2.05, 4.69) is 42.9 Å². The van der Waals surface area contributed by atoms with Crippen LogP contribution in [0.1, 0.15) is 34.8 Å². The second-order valence-electron chi connectivity index (χ2n) is 12.1. The Balaban J connectivity index is 1.06. The molecular formula is C34H34N6O4S. The van der Waals surface area contributed by atoms with Gasteiger partial charge in [0.1, 0.15) is 36.0 Å². The van der Waals surface area contributed by atoms with E-state index in [9.17, 15) is 9.59 Å². The van der Waals surface area contributed by atoms with Crippen LogP contribution in [0.5, 0.6) is 5.75 Å². The lowest BCUT2D eigenvalue weighted by molar-refractivity contribution is -0.160. The van der Waals surface area contributed by atoms with Crippen LogP contribution in [-0.2, 0) is 27.3 Å². The second-order valence-corrected chi connectivity index (χ2v) is 12.7. The topological polar surface area (TPSA) is 104 Å². The lowest BCUT2D eigenvalue weighted by atomic mass is 9.85. The van der Waals surface area contributed by atoms with Gasteiger partial charge in [0.25, 0.3) is 0 Å². The fraction of sp³-hybridized carbons (Fsp3) is 0.353. The Morgan fingerprint density at radius 1 is 1.00 bits per heavy atom. The van der Waals surface area contributed by atoms with Crippen molar-refractivity contribution < 1.29 is 19.1 Å². The zero-order valence-corrected chi connectivity index (χ0v) is 25.8. The van der Waals surface area contributed by atoms with Gasteiger partial charge in [0.05, 0.1) is 24.4 Å². The van der Waals surface area contributed by atoms with E-state index in [0.717, 1.165) is 76.1 Å². The molecule has 10 nitrogen and oxygen atoms in total. The number of piperazine rings is 1. The number of H-pyrrole nitrogens is 1. The van der Waals surface area contributed by atoms with Gasteiger partial charge in [-0.3, -0.25) is 14.5 Å². The van der Waals surface area contributed by atoms with Crippen molar-refractivity contribution in [1.29, 1.82) is 0 Å². The fourth-order valence-corrected chi connectivity index (χ4v) is 7.87. The number of rotatable bonds is 8. The second kappa shape index (κ2) is 11.6. The minimum Gasteiger partial charge on any atom is -0.491 e. The van der Waals surface area contributed by atoms with Crippen molar-refractivity contribution in [2.45, 2.75) is 37.5 Å². The lowest BCUT2D eigenvalue weighted by Crippen LogP contribution is -2.65. The molecule has 2 amide bonds. The molecule has 11 heteroatoms. The summed E-state index contributed by atoms with van der Waals surface area (Å²) in [6, 6.07) is 21.3. The number of aromatic nitrogens is 3. The summed E-state index contributed by atoms with van der Waals surface area (Å²) in [6.45, 7) is 3.49. The molecule has 45 heavy (non-hydrogen) atoms. The van der Waals surface area contributed by atoms with Crippen LogP contribution in [0.3, 0.4) is 0 Å². The van der Waals surface area contributed by atoms with Gasteiger partial charge in [-0.1, -0.05) is 36.4 Å². The molecule has 0 radical (unpaired) electrons. The molecule has 3 aliphatic rings. The van der Waals surface area contributed by atoms with Crippen molar-refractivity contribution in [3.05, 3.63) is 89.1 Å². The summed E-state index contributed by atoms with van der Waals surface area (Å²) in [7, 11) is 1.66. The summed E-state index contributed by atoms with van der Waals surface area (Å²) in [5, 5.41) is 1.10.